The minimum absolute atomic E-state index is 0.0936. The third-order valence-electron chi connectivity index (χ3n) is 2.17. The molecule has 0 heterocycles. The number of hydrogen-bond donors (Lipinski definition) is 1. The van der Waals surface area contributed by atoms with E-state index in [-0.39, 0.29) is 6.42 Å². The van der Waals surface area contributed by atoms with Crippen molar-refractivity contribution in [1.29, 1.82) is 5.26 Å². The Bertz CT molecular complexity index is 363. The number of nitriles is 1. The molecule has 2 N–H and O–H groups in total. The van der Waals surface area contributed by atoms with Crippen molar-refractivity contribution in [2.45, 2.75) is 25.3 Å². The number of nitrogens with zero attached hydrogens (tertiary/aromatic N) is 1. The summed E-state index contributed by atoms with van der Waals surface area (Å²) in [7, 11) is 0. The first-order chi connectivity index (χ1) is 6.95. The van der Waals surface area contributed by atoms with E-state index in [0.717, 1.165) is 0 Å². The molecule has 15 heavy (non-hydrogen) atoms. The molecule has 4 heteroatoms. The summed E-state index contributed by atoms with van der Waals surface area (Å²) in [6.07, 6.45) is -2.47. The maximum absolute atomic E-state index is 12.5. The van der Waals surface area contributed by atoms with E-state index in [1.807, 2.05) is 6.07 Å². The highest BCUT2D eigenvalue weighted by molar-refractivity contribution is 5.32. The fourth-order valence-electron chi connectivity index (χ4n) is 1.21. The summed E-state index contributed by atoms with van der Waals surface area (Å²) in [6.45, 7) is 1.32. The lowest BCUT2D eigenvalue weighted by molar-refractivity contribution is 0.0639. The summed E-state index contributed by atoms with van der Waals surface area (Å²) >= 11 is 0. The van der Waals surface area contributed by atoms with Crippen LogP contribution >= 0.6 is 0 Å². The van der Waals surface area contributed by atoms with Crippen LogP contribution in [0.25, 0.3) is 0 Å². The van der Waals surface area contributed by atoms with Crippen molar-refractivity contribution in [3.8, 4) is 6.07 Å². The first kappa shape index (κ1) is 11.6. The van der Waals surface area contributed by atoms with E-state index >= 15 is 0 Å². The standard InChI is InChI=1S/C11H12F2N2/c1-11(15,10(12)13)6-8-2-4-9(7-14)5-3-8/h2-5,10H,6,15H2,1H3. The Hall–Kier alpha value is -1.47. The molecule has 0 aliphatic carbocycles. The first-order valence-corrected chi connectivity index (χ1v) is 4.52. The minimum atomic E-state index is -2.56. The van der Waals surface area contributed by atoms with Gasteiger partial charge in [0.1, 0.15) is 0 Å². The summed E-state index contributed by atoms with van der Waals surface area (Å²) in [5, 5.41) is 8.55. The van der Waals surface area contributed by atoms with Crippen LogP contribution in [0.4, 0.5) is 8.78 Å². The van der Waals surface area contributed by atoms with Gasteiger partial charge in [-0.1, -0.05) is 12.1 Å². The van der Waals surface area contributed by atoms with Gasteiger partial charge >= 0.3 is 0 Å². The molecule has 1 aromatic carbocycles. The van der Waals surface area contributed by atoms with Gasteiger partial charge in [0.05, 0.1) is 17.2 Å². The van der Waals surface area contributed by atoms with Crippen molar-refractivity contribution in [2.75, 3.05) is 0 Å². The summed E-state index contributed by atoms with van der Waals surface area (Å²) in [5.74, 6) is 0. The number of nitrogens with two attached hydrogens (primary N) is 1. The average Bonchev–Trinajstić information content (AvgIpc) is 2.18. The van der Waals surface area contributed by atoms with Gasteiger partial charge in [0, 0.05) is 0 Å². The molecule has 0 aromatic heterocycles. The van der Waals surface area contributed by atoms with Crippen LogP contribution in [0.15, 0.2) is 24.3 Å². The van der Waals surface area contributed by atoms with Crippen molar-refractivity contribution in [1.82, 2.24) is 0 Å². The van der Waals surface area contributed by atoms with Gasteiger partial charge in [0.2, 0.25) is 0 Å². The van der Waals surface area contributed by atoms with E-state index in [9.17, 15) is 8.78 Å². The molecule has 0 spiro atoms. The summed E-state index contributed by atoms with van der Waals surface area (Å²) in [5.41, 5.74) is 5.14. The van der Waals surface area contributed by atoms with E-state index in [1.165, 1.54) is 6.92 Å². The quantitative estimate of drug-likeness (QED) is 0.830. The summed E-state index contributed by atoms with van der Waals surface area (Å²) in [4.78, 5) is 0. The van der Waals surface area contributed by atoms with Crippen LogP contribution in [0, 0.1) is 11.3 Å². The molecule has 0 aliphatic rings. The van der Waals surface area contributed by atoms with Gasteiger partial charge in [0.15, 0.2) is 0 Å². The molecule has 1 aromatic rings. The lowest BCUT2D eigenvalue weighted by Crippen LogP contribution is -2.45. The second-order valence-electron chi connectivity index (χ2n) is 3.79. The Morgan fingerprint density at radius 3 is 2.33 bits per heavy atom. The molecule has 0 radical (unpaired) electrons. The molecule has 0 saturated carbocycles. The highest BCUT2D eigenvalue weighted by Gasteiger charge is 2.30. The maximum atomic E-state index is 12.5. The molecule has 80 valence electrons. The predicted molar refractivity (Wildman–Crippen MR) is 53.5 cm³/mol. The van der Waals surface area contributed by atoms with Crippen LogP contribution in [0.3, 0.4) is 0 Å². The van der Waals surface area contributed by atoms with Crippen molar-refractivity contribution >= 4 is 0 Å². The first-order valence-electron chi connectivity index (χ1n) is 4.52. The SMILES string of the molecule is CC(N)(Cc1ccc(C#N)cc1)C(F)F. The number of benzene rings is 1. The van der Waals surface area contributed by atoms with Gasteiger partial charge in [-0.25, -0.2) is 8.78 Å². The van der Waals surface area contributed by atoms with Crippen molar-refractivity contribution in [3.63, 3.8) is 0 Å². The predicted octanol–water partition coefficient (Wildman–Crippen LogP) is 2.08. The van der Waals surface area contributed by atoms with E-state index in [0.29, 0.717) is 11.1 Å². The molecule has 1 rings (SSSR count). The zero-order valence-electron chi connectivity index (χ0n) is 8.37. The van der Waals surface area contributed by atoms with Gasteiger partial charge in [0.25, 0.3) is 6.43 Å². The second kappa shape index (κ2) is 4.37. The Morgan fingerprint density at radius 2 is 1.93 bits per heavy atom. The third-order valence-corrected chi connectivity index (χ3v) is 2.17. The van der Waals surface area contributed by atoms with E-state index in [2.05, 4.69) is 0 Å². The monoisotopic (exact) mass is 210 g/mol. The molecular weight excluding hydrogens is 198 g/mol. The molecule has 1 unspecified atom stereocenters. The van der Waals surface area contributed by atoms with Crippen LogP contribution in [-0.4, -0.2) is 12.0 Å². The second-order valence-corrected chi connectivity index (χ2v) is 3.79. The van der Waals surface area contributed by atoms with E-state index in [1.54, 1.807) is 24.3 Å². The zero-order chi connectivity index (χ0) is 11.5. The van der Waals surface area contributed by atoms with Crippen LogP contribution in [0.5, 0.6) is 0 Å². The minimum Gasteiger partial charge on any atom is -0.320 e. The molecule has 2 nitrogen and oxygen atoms in total. The molecule has 0 bridgehead atoms. The Balaban J connectivity index is 2.78. The smallest absolute Gasteiger partial charge is 0.256 e. The number of rotatable bonds is 3. The van der Waals surface area contributed by atoms with Gasteiger partial charge in [-0.05, 0) is 31.0 Å². The fraction of sp³-hybridized carbons (Fsp3) is 0.364. The highest BCUT2D eigenvalue weighted by Crippen LogP contribution is 2.18. The largest absolute Gasteiger partial charge is 0.320 e. The van der Waals surface area contributed by atoms with Gasteiger partial charge in [-0.2, -0.15) is 5.26 Å². The lowest BCUT2D eigenvalue weighted by Gasteiger charge is -2.23. The van der Waals surface area contributed by atoms with Crippen LogP contribution in [0.1, 0.15) is 18.1 Å². The van der Waals surface area contributed by atoms with Gasteiger partial charge in [-0.15, -0.1) is 0 Å². The Kier molecular flexibility index (Phi) is 3.38. The van der Waals surface area contributed by atoms with Gasteiger partial charge in [-0.3, -0.25) is 0 Å². The van der Waals surface area contributed by atoms with Crippen molar-refractivity contribution in [2.24, 2.45) is 5.73 Å². The Morgan fingerprint density at radius 1 is 1.40 bits per heavy atom. The fourth-order valence-corrected chi connectivity index (χ4v) is 1.21. The van der Waals surface area contributed by atoms with E-state index < -0.39 is 12.0 Å². The average molecular weight is 210 g/mol. The van der Waals surface area contributed by atoms with Crippen molar-refractivity contribution < 1.29 is 8.78 Å². The van der Waals surface area contributed by atoms with Crippen LogP contribution in [0.2, 0.25) is 0 Å². The summed E-state index contributed by atoms with van der Waals surface area (Å²) < 4.78 is 24.9. The normalized spacial score (nSPS) is 14.7. The topological polar surface area (TPSA) is 49.8 Å². The zero-order valence-corrected chi connectivity index (χ0v) is 8.37. The molecule has 1 atom stereocenters. The third kappa shape index (κ3) is 3.00. The van der Waals surface area contributed by atoms with Crippen LogP contribution in [-0.2, 0) is 6.42 Å². The number of halogens is 2. The number of hydrogen-bond acceptors (Lipinski definition) is 2. The molecule has 0 amide bonds. The van der Waals surface area contributed by atoms with E-state index in [4.69, 9.17) is 11.0 Å². The Labute approximate surface area is 87.3 Å². The lowest BCUT2D eigenvalue weighted by atomic mass is 9.94. The van der Waals surface area contributed by atoms with Crippen LogP contribution < -0.4 is 5.73 Å². The molecule has 0 saturated heterocycles. The number of alkyl halides is 2. The summed E-state index contributed by atoms with van der Waals surface area (Å²) in [6, 6.07) is 8.44. The molecule has 0 fully saturated rings. The van der Waals surface area contributed by atoms with Crippen molar-refractivity contribution in [3.05, 3.63) is 35.4 Å². The van der Waals surface area contributed by atoms with Gasteiger partial charge < -0.3 is 5.73 Å². The maximum Gasteiger partial charge on any atom is 0.256 e. The molecule has 0 aliphatic heterocycles. The molecular formula is C11H12F2N2. The highest BCUT2D eigenvalue weighted by atomic mass is 19.3.